The van der Waals surface area contributed by atoms with Crippen LogP contribution in [0.4, 0.5) is 5.13 Å². The van der Waals surface area contributed by atoms with E-state index in [-0.39, 0.29) is 5.91 Å². The Balaban J connectivity index is 1.63. The van der Waals surface area contributed by atoms with Gasteiger partial charge in [-0.25, -0.2) is 4.98 Å². The van der Waals surface area contributed by atoms with Crippen LogP contribution in [0.1, 0.15) is 23.9 Å². The molecule has 0 aliphatic rings. The summed E-state index contributed by atoms with van der Waals surface area (Å²) in [6.45, 7) is 4.25. The van der Waals surface area contributed by atoms with Crippen molar-refractivity contribution in [2.24, 2.45) is 5.92 Å². The molecule has 7 heteroatoms. The molecule has 0 saturated carbocycles. The first-order valence-electron chi connectivity index (χ1n) is 7.27. The lowest BCUT2D eigenvalue weighted by Crippen LogP contribution is -2.07. The monoisotopic (exact) mass is 344 g/mol. The number of nitrogens with one attached hydrogen (secondary N) is 1. The number of amides is 1. The number of thiazole rings is 1. The van der Waals surface area contributed by atoms with Gasteiger partial charge in [-0.3, -0.25) is 10.1 Å². The summed E-state index contributed by atoms with van der Waals surface area (Å²) < 4.78 is 1.11. The molecule has 0 spiro atoms. The quantitative estimate of drug-likeness (QED) is 0.710. The maximum Gasteiger partial charge on any atom is 0.250 e. The van der Waals surface area contributed by atoms with E-state index >= 15 is 0 Å². The first kappa shape index (κ1) is 15.8. The highest BCUT2D eigenvalue weighted by Gasteiger charge is 2.08. The summed E-state index contributed by atoms with van der Waals surface area (Å²) >= 11 is 2.97. The molecule has 1 amide bonds. The molecular formula is C16H16N4OS2. The van der Waals surface area contributed by atoms with Crippen molar-refractivity contribution >= 4 is 50.0 Å². The molecule has 0 saturated heterocycles. The number of rotatable bonds is 5. The van der Waals surface area contributed by atoms with Crippen LogP contribution in [-0.2, 0) is 11.2 Å². The fourth-order valence-electron chi connectivity index (χ4n) is 1.99. The minimum absolute atomic E-state index is 0.225. The van der Waals surface area contributed by atoms with Gasteiger partial charge in [-0.1, -0.05) is 37.3 Å². The number of para-hydroxylation sites is 1. The normalized spacial score (nSPS) is 11.6. The van der Waals surface area contributed by atoms with Gasteiger partial charge in [0.25, 0.3) is 0 Å². The molecule has 0 aliphatic carbocycles. The van der Waals surface area contributed by atoms with Crippen molar-refractivity contribution in [3.05, 3.63) is 40.4 Å². The van der Waals surface area contributed by atoms with E-state index in [1.165, 1.54) is 17.4 Å². The number of nitrogens with zero attached hydrogens (tertiary/aromatic N) is 3. The average molecular weight is 344 g/mol. The van der Waals surface area contributed by atoms with Crippen LogP contribution in [0, 0.1) is 5.92 Å². The summed E-state index contributed by atoms with van der Waals surface area (Å²) in [6.07, 6.45) is 4.06. The zero-order chi connectivity index (χ0) is 16.2. The van der Waals surface area contributed by atoms with Crippen LogP contribution < -0.4 is 5.32 Å². The maximum atomic E-state index is 12.0. The van der Waals surface area contributed by atoms with E-state index in [0.29, 0.717) is 11.0 Å². The lowest BCUT2D eigenvalue weighted by molar-refractivity contribution is -0.111. The van der Waals surface area contributed by atoms with Crippen LogP contribution in [-0.4, -0.2) is 21.1 Å². The minimum atomic E-state index is -0.225. The van der Waals surface area contributed by atoms with Crippen LogP contribution in [0.2, 0.25) is 0 Å². The van der Waals surface area contributed by atoms with Crippen molar-refractivity contribution in [3.63, 3.8) is 0 Å². The standard InChI is InChI=1S/C16H16N4OS2/c1-10(2)9-15-19-20-16(23-15)18-13(21)7-8-14-17-11-5-3-4-6-12(11)22-14/h3-8,10H,9H2,1-2H3,(H,18,20,21)/b8-7+. The molecule has 23 heavy (non-hydrogen) atoms. The SMILES string of the molecule is CC(C)Cc1nnc(NC(=O)/C=C/c2nc3ccccc3s2)s1. The van der Waals surface area contributed by atoms with Gasteiger partial charge >= 0.3 is 0 Å². The second-order valence-corrected chi connectivity index (χ2v) is 7.57. The van der Waals surface area contributed by atoms with E-state index in [1.54, 1.807) is 17.4 Å². The molecule has 0 radical (unpaired) electrons. The second-order valence-electron chi connectivity index (χ2n) is 5.44. The first-order chi connectivity index (χ1) is 11.1. The molecule has 5 nitrogen and oxygen atoms in total. The van der Waals surface area contributed by atoms with Gasteiger partial charge in [0, 0.05) is 12.5 Å². The van der Waals surface area contributed by atoms with Crippen LogP contribution in [0.3, 0.4) is 0 Å². The number of carbonyl (C=O) groups excluding carboxylic acids is 1. The highest BCUT2D eigenvalue weighted by molar-refractivity contribution is 7.19. The summed E-state index contributed by atoms with van der Waals surface area (Å²) in [7, 11) is 0. The van der Waals surface area contributed by atoms with E-state index < -0.39 is 0 Å². The van der Waals surface area contributed by atoms with Crippen molar-refractivity contribution < 1.29 is 4.79 Å². The fraction of sp³-hybridized carbons (Fsp3) is 0.250. The molecule has 3 rings (SSSR count). The molecule has 3 aromatic rings. The number of anilines is 1. The predicted molar refractivity (Wildman–Crippen MR) is 95.7 cm³/mol. The summed E-state index contributed by atoms with van der Waals surface area (Å²) in [5.41, 5.74) is 0.944. The predicted octanol–water partition coefficient (Wildman–Crippen LogP) is 4.00. The van der Waals surface area contributed by atoms with Gasteiger partial charge < -0.3 is 0 Å². The molecule has 2 aromatic heterocycles. The maximum absolute atomic E-state index is 12.0. The fourth-order valence-corrected chi connectivity index (χ4v) is 3.82. The highest BCUT2D eigenvalue weighted by Crippen LogP contribution is 2.22. The third-order valence-electron chi connectivity index (χ3n) is 2.97. The Labute approximate surface area is 142 Å². The van der Waals surface area contributed by atoms with Crippen molar-refractivity contribution in [3.8, 4) is 0 Å². The third kappa shape index (κ3) is 4.20. The molecule has 0 fully saturated rings. The van der Waals surface area contributed by atoms with Crippen LogP contribution >= 0.6 is 22.7 Å². The topological polar surface area (TPSA) is 67.8 Å². The second kappa shape index (κ2) is 6.97. The van der Waals surface area contributed by atoms with E-state index in [9.17, 15) is 4.79 Å². The number of aromatic nitrogens is 3. The van der Waals surface area contributed by atoms with Crippen LogP contribution in [0.15, 0.2) is 30.3 Å². The average Bonchev–Trinajstić information content (AvgIpc) is 3.10. The zero-order valence-corrected chi connectivity index (χ0v) is 14.4. The minimum Gasteiger partial charge on any atom is -0.297 e. The lowest BCUT2D eigenvalue weighted by atomic mass is 10.1. The smallest absolute Gasteiger partial charge is 0.250 e. The zero-order valence-electron chi connectivity index (χ0n) is 12.8. The Morgan fingerprint density at radius 3 is 2.87 bits per heavy atom. The highest BCUT2D eigenvalue weighted by atomic mass is 32.1. The van der Waals surface area contributed by atoms with E-state index in [1.807, 2.05) is 24.3 Å². The van der Waals surface area contributed by atoms with Gasteiger partial charge in [-0.05, 0) is 24.1 Å². The molecule has 0 bridgehead atoms. The molecule has 0 atom stereocenters. The molecule has 1 aromatic carbocycles. The summed E-state index contributed by atoms with van der Waals surface area (Å²) in [4.78, 5) is 16.4. The van der Waals surface area contributed by atoms with E-state index in [2.05, 4.69) is 34.3 Å². The van der Waals surface area contributed by atoms with Gasteiger partial charge in [0.15, 0.2) is 0 Å². The number of hydrogen-bond acceptors (Lipinski definition) is 6. The Kier molecular flexibility index (Phi) is 4.78. The van der Waals surface area contributed by atoms with Gasteiger partial charge in [0.05, 0.1) is 10.2 Å². The Morgan fingerprint density at radius 1 is 1.26 bits per heavy atom. The van der Waals surface area contributed by atoms with Crippen molar-refractivity contribution in [2.75, 3.05) is 5.32 Å². The molecule has 1 N–H and O–H groups in total. The molecule has 2 heterocycles. The van der Waals surface area contributed by atoms with E-state index in [0.717, 1.165) is 26.7 Å². The Bertz CT molecular complexity index is 818. The number of benzene rings is 1. The van der Waals surface area contributed by atoms with Gasteiger partial charge in [-0.2, -0.15) is 0 Å². The molecule has 118 valence electrons. The Morgan fingerprint density at radius 2 is 2.09 bits per heavy atom. The van der Waals surface area contributed by atoms with Gasteiger partial charge in [-0.15, -0.1) is 21.5 Å². The summed E-state index contributed by atoms with van der Waals surface area (Å²) in [5.74, 6) is 0.293. The lowest BCUT2D eigenvalue weighted by Gasteiger charge is -1.97. The Hall–Kier alpha value is -2.12. The third-order valence-corrected chi connectivity index (χ3v) is 4.83. The molecule has 0 aliphatic heterocycles. The van der Waals surface area contributed by atoms with Crippen LogP contribution in [0.25, 0.3) is 16.3 Å². The number of hydrogen-bond donors (Lipinski definition) is 1. The number of fused-ring (bicyclic) bond motifs is 1. The van der Waals surface area contributed by atoms with Crippen LogP contribution in [0.5, 0.6) is 0 Å². The van der Waals surface area contributed by atoms with Gasteiger partial charge in [0.1, 0.15) is 10.0 Å². The summed E-state index contributed by atoms with van der Waals surface area (Å²) in [6, 6.07) is 7.90. The van der Waals surface area contributed by atoms with Crippen molar-refractivity contribution in [1.29, 1.82) is 0 Å². The molecular weight excluding hydrogens is 328 g/mol. The number of carbonyl (C=O) groups is 1. The van der Waals surface area contributed by atoms with Crippen molar-refractivity contribution in [2.45, 2.75) is 20.3 Å². The first-order valence-corrected chi connectivity index (χ1v) is 8.90. The van der Waals surface area contributed by atoms with E-state index in [4.69, 9.17) is 0 Å². The molecule has 0 unspecified atom stereocenters. The summed E-state index contributed by atoms with van der Waals surface area (Å²) in [5, 5.41) is 13.1. The van der Waals surface area contributed by atoms with Crippen molar-refractivity contribution in [1.82, 2.24) is 15.2 Å². The largest absolute Gasteiger partial charge is 0.297 e. The van der Waals surface area contributed by atoms with Gasteiger partial charge in [0.2, 0.25) is 11.0 Å².